The average Bonchev–Trinajstić information content (AvgIpc) is 2.73. The van der Waals surface area contributed by atoms with Crippen LogP contribution in [0.2, 0.25) is 0 Å². The Kier molecular flexibility index (Phi) is 6.41. The molecule has 1 fully saturated rings. The molecule has 0 spiro atoms. The zero-order valence-electron chi connectivity index (χ0n) is 15.7. The number of aromatic nitrogens is 1. The summed E-state index contributed by atoms with van der Waals surface area (Å²) in [4.78, 5) is 32.1. The molecule has 0 unspecified atom stereocenters. The SMILES string of the molecule is CCOC(=O)N1CCN(c2ccc(C(=O)NCc3ccccc3F)cn2)CC1. The molecule has 2 aromatic rings. The number of piperazine rings is 1. The molecular formula is C20H23FN4O3. The highest BCUT2D eigenvalue weighted by Gasteiger charge is 2.22. The molecule has 7 nitrogen and oxygen atoms in total. The largest absolute Gasteiger partial charge is 0.450 e. The van der Waals surface area contributed by atoms with Gasteiger partial charge >= 0.3 is 6.09 Å². The van der Waals surface area contributed by atoms with E-state index in [9.17, 15) is 14.0 Å². The summed E-state index contributed by atoms with van der Waals surface area (Å²) in [5, 5.41) is 2.69. The number of hydrogen-bond acceptors (Lipinski definition) is 5. The molecule has 148 valence electrons. The number of pyridine rings is 1. The third-order valence-electron chi connectivity index (χ3n) is 4.54. The van der Waals surface area contributed by atoms with Crippen molar-refractivity contribution in [3.63, 3.8) is 0 Å². The highest BCUT2D eigenvalue weighted by atomic mass is 19.1. The Labute approximate surface area is 163 Å². The van der Waals surface area contributed by atoms with Crippen molar-refractivity contribution in [1.29, 1.82) is 0 Å². The van der Waals surface area contributed by atoms with Crippen molar-refractivity contribution >= 4 is 17.8 Å². The molecule has 1 aromatic heterocycles. The molecule has 1 saturated heterocycles. The van der Waals surface area contributed by atoms with Gasteiger partial charge in [0, 0.05) is 44.5 Å². The molecular weight excluding hydrogens is 363 g/mol. The smallest absolute Gasteiger partial charge is 0.409 e. The lowest BCUT2D eigenvalue weighted by atomic mass is 10.2. The summed E-state index contributed by atoms with van der Waals surface area (Å²) in [6.07, 6.45) is 1.21. The van der Waals surface area contributed by atoms with E-state index in [0.717, 1.165) is 5.82 Å². The van der Waals surface area contributed by atoms with E-state index in [2.05, 4.69) is 15.2 Å². The Morgan fingerprint density at radius 1 is 1.14 bits per heavy atom. The van der Waals surface area contributed by atoms with Crippen LogP contribution in [-0.4, -0.2) is 54.7 Å². The molecule has 0 bridgehead atoms. The minimum atomic E-state index is -0.349. The van der Waals surface area contributed by atoms with E-state index in [1.165, 1.54) is 12.3 Å². The fourth-order valence-electron chi connectivity index (χ4n) is 2.96. The fourth-order valence-corrected chi connectivity index (χ4v) is 2.96. The Bertz CT molecular complexity index is 820. The van der Waals surface area contributed by atoms with Gasteiger partial charge in [-0.15, -0.1) is 0 Å². The van der Waals surface area contributed by atoms with Gasteiger partial charge < -0.3 is 19.9 Å². The van der Waals surface area contributed by atoms with Crippen LogP contribution in [0.25, 0.3) is 0 Å². The Morgan fingerprint density at radius 3 is 2.54 bits per heavy atom. The van der Waals surface area contributed by atoms with Gasteiger partial charge in [-0.25, -0.2) is 14.2 Å². The number of nitrogens with one attached hydrogen (secondary N) is 1. The number of benzene rings is 1. The quantitative estimate of drug-likeness (QED) is 0.854. The Balaban J connectivity index is 1.53. The maximum atomic E-state index is 13.6. The molecule has 28 heavy (non-hydrogen) atoms. The lowest BCUT2D eigenvalue weighted by molar-refractivity contribution is 0.0949. The number of rotatable bonds is 5. The van der Waals surface area contributed by atoms with Crippen molar-refractivity contribution in [2.45, 2.75) is 13.5 Å². The normalized spacial score (nSPS) is 13.9. The number of hydrogen-bond donors (Lipinski definition) is 1. The topological polar surface area (TPSA) is 74.8 Å². The van der Waals surface area contributed by atoms with Crippen molar-refractivity contribution < 1.29 is 18.7 Å². The van der Waals surface area contributed by atoms with Gasteiger partial charge in [0.25, 0.3) is 5.91 Å². The van der Waals surface area contributed by atoms with Crippen LogP contribution in [0.4, 0.5) is 15.0 Å². The van der Waals surface area contributed by atoms with E-state index >= 15 is 0 Å². The first-order valence-electron chi connectivity index (χ1n) is 9.22. The number of ether oxygens (including phenoxy) is 1. The molecule has 8 heteroatoms. The number of carbonyl (C=O) groups excluding carboxylic acids is 2. The fraction of sp³-hybridized carbons (Fsp3) is 0.350. The number of nitrogens with zero attached hydrogens (tertiary/aromatic N) is 3. The van der Waals surface area contributed by atoms with E-state index in [1.54, 1.807) is 42.2 Å². The molecule has 0 atom stereocenters. The van der Waals surface area contributed by atoms with Crippen LogP contribution in [0.15, 0.2) is 42.6 Å². The molecule has 1 aliphatic rings. The molecule has 0 aliphatic carbocycles. The van der Waals surface area contributed by atoms with Gasteiger partial charge in [0.2, 0.25) is 0 Å². The molecule has 0 radical (unpaired) electrons. The summed E-state index contributed by atoms with van der Waals surface area (Å²) in [5.74, 6) is 0.0850. The van der Waals surface area contributed by atoms with Crippen molar-refractivity contribution in [2.24, 2.45) is 0 Å². The molecule has 1 aliphatic heterocycles. The summed E-state index contributed by atoms with van der Waals surface area (Å²) >= 11 is 0. The van der Waals surface area contributed by atoms with Crippen LogP contribution >= 0.6 is 0 Å². The predicted octanol–water partition coefficient (Wildman–Crippen LogP) is 2.43. The highest BCUT2D eigenvalue weighted by molar-refractivity contribution is 5.94. The van der Waals surface area contributed by atoms with Gasteiger partial charge in [0.15, 0.2) is 0 Å². The molecule has 1 aromatic carbocycles. The summed E-state index contributed by atoms with van der Waals surface area (Å²) in [6, 6.07) is 9.79. The first-order chi connectivity index (χ1) is 13.6. The van der Waals surface area contributed by atoms with Crippen molar-refractivity contribution in [3.8, 4) is 0 Å². The third-order valence-corrected chi connectivity index (χ3v) is 4.54. The van der Waals surface area contributed by atoms with E-state index in [0.29, 0.717) is 43.9 Å². The number of anilines is 1. The van der Waals surface area contributed by atoms with Crippen LogP contribution in [0.1, 0.15) is 22.8 Å². The number of amides is 2. The van der Waals surface area contributed by atoms with Gasteiger partial charge in [-0.05, 0) is 25.1 Å². The van der Waals surface area contributed by atoms with Crippen molar-refractivity contribution in [3.05, 3.63) is 59.5 Å². The van der Waals surface area contributed by atoms with Gasteiger partial charge in [-0.1, -0.05) is 18.2 Å². The van der Waals surface area contributed by atoms with Crippen LogP contribution in [0.5, 0.6) is 0 Å². The molecule has 2 amide bonds. The van der Waals surface area contributed by atoms with E-state index in [-0.39, 0.29) is 24.4 Å². The van der Waals surface area contributed by atoms with Crippen molar-refractivity contribution in [2.75, 3.05) is 37.7 Å². The van der Waals surface area contributed by atoms with Gasteiger partial charge in [0.05, 0.1) is 12.2 Å². The van der Waals surface area contributed by atoms with Crippen LogP contribution in [-0.2, 0) is 11.3 Å². The monoisotopic (exact) mass is 386 g/mol. The Morgan fingerprint density at radius 2 is 1.89 bits per heavy atom. The maximum absolute atomic E-state index is 13.6. The zero-order valence-corrected chi connectivity index (χ0v) is 15.7. The standard InChI is InChI=1S/C20H23FN4O3/c1-2-28-20(27)25-11-9-24(10-12-25)18-8-7-16(14-22-18)19(26)23-13-15-5-3-4-6-17(15)21/h3-8,14H,2,9-13H2,1H3,(H,23,26). The maximum Gasteiger partial charge on any atom is 0.409 e. The summed E-state index contributed by atoms with van der Waals surface area (Å²) in [5.41, 5.74) is 0.838. The minimum Gasteiger partial charge on any atom is -0.450 e. The number of halogens is 1. The van der Waals surface area contributed by atoms with Gasteiger partial charge in [-0.2, -0.15) is 0 Å². The van der Waals surface area contributed by atoms with E-state index in [1.807, 2.05) is 0 Å². The molecule has 0 saturated carbocycles. The second-order valence-corrected chi connectivity index (χ2v) is 6.35. The first-order valence-corrected chi connectivity index (χ1v) is 9.22. The summed E-state index contributed by atoms with van der Waals surface area (Å²) in [6.45, 7) is 4.67. The van der Waals surface area contributed by atoms with Gasteiger partial charge in [-0.3, -0.25) is 4.79 Å². The number of carbonyl (C=O) groups is 2. The lowest BCUT2D eigenvalue weighted by Gasteiger charge is -2.34. The highest BCUT2D eigenvalue weighted by Crippen LogP contribution is 2.15. The van der Waals surface area contributed by atoms with E-state index < -0.39 is 0 Å². The van der Waals surface area contributed by atoms with Crippen LogP contribution in [0, 0.1) is 5.82 Å². The lowest BCUT2D eigenvalue weighted by Crippen LogP contribution is -2.49. The van der Waals surface area contributed by atoms with Crippen LogP contribution < -0.4 is 10.2 Å². The van der Waals surface area contributed by atoms with Crippen molar-refractivity contribution in [1.82, 2.24) is 15.2 Å². The second kappa shape index (κ2) is 9.16. The second-order valence-electron chi connectivity index (χ2n) is 6.35. The summed E-state index contributed by atoms with van der Waals surface area (Å²) in [7, 11) is 0. The first kappa shape index (κ1) is 19.6. The van der Waals surface area contributed by atoms with E-state index in [4.69, 9.17) is 4.74 Å². The predicted molar refractivity (Wildman–Crippen MR) is 103 cm³/mol. The molecule has 2 heterocycles. The average molecular weight is 386 g/mol. The van der Waals surface area contributed by atoms with Crippen LogP contribution in [0.3, 0.4) is 0 Å². The molecule has 1 N–H and O–H groups in total. The summed E-state index contributed by atoms with van der Waals surface area (Å²) < 4.78 is 18.6. The Hall–Kier alpha value is -3.16. The van der Waals surface area contributed by atoms with Gasteiger partial charge in [0.1, 0.15) is 11.6 Å². The zero-order chi connectivity index (χ0) is 19.9. The third kappa shape index (κ3) is 4.76. The minimum absolute atomic E-state index is 0.114. The molecule has 3 rings (SSSR count).